The smallest absolute Gasteiger partial charge is 0.136 e. The fourth-order valence-electron chi connectivity index (χ4n) is 8.56. The van der Waals surface area contributed by atoms with Crippen LogP contribution in [-0.2, 0) is 5.41 Å². The van der Waals surface area contributed by atoms with E-state index in [1.54, 1.807) is 0 Å². The molecule has 2 nitrogen and oxygen atoms in total. The lowest BCUT2D eigenvalue weighted by Crippen LogP contribution is -2.17. The fraction of sp³-hybridized carbons (Fsp3) is 0.0588. The molecule has 0 radical (unpaired) electrons. The predicted molar refractivity (Wildman–Crippen MR) is 222 cm³/mol. The number of fused-ring (bicyclic) bond motifs is 6. The molecule has 0 spiro atoms. The molecule has 0 bridgehead atoms. The van der Waals surface area contributed by atoms with E-state index in [9.17, 15) is 0 Å². The maximum atomic E-state index is 6.51. The molecule has 53 heavy (non-hydrogen) atoms. The number of benzene rings is 8. The van der Waals surface area contributed by atoms with Gasteiger partial charge in [-0.15, -0.1) is 0 Å². The Hall–Kier alpha value is -6.64. The Balaban J connectivity index is 1.26. The summed E-state index contributed by atoms with van der Waals surface area (Å²) in [5.74, 6) is 0. The summed E-state index contributed by atoms with van der Waals surface area (Å²) in [6.07, 6.45) is 0. The first-order chi connectivity index (χ1) is 26.1. The van der Waals surface area contributed by atoms with Gasteiger partial charge in [0.25, 0.3) is 0 Å². The summed E-state index contributed by atoms with van der Waals surface area (Å²) in [4.78, 5) is 2.44. The van der Waals surface area contributed by atoms with Crippen LogP contribution in [0.3, 0.4) is 0 Å². The zero-order valence-corrected chi connectivity index (χ0v) is 29.8. The standard InChI is InChI=1S/C51H37NO/c1-51(2)45-25-13-11-22-40(45)41-31-29-37(33-46(41)51)52(36-18-7-4-8-19-36)47-26-15-24-44(39-21-10-9-20-38(39)34-16-5-3-6-17-34)50(47)35-28-30-43-42-23-12-14-27-48(42)53-49(43)32-35/h3-33H,1-2H3. The molecule has 1 aliphatic rings. The van der Waals surface area contributed by atoms with Gasteiger partial charge in [0.05, 0.1) is 5.69 Å². The second-order valence-electron chi connectivity index (χ2n) is 14.5. The van der Waals surface area contributed by atoms with E-state index < -0.39 is 0 Å². The van der Waals surface area contributed by atoms with E-state index in [1.807, 2.05) is 6.07 Å². The summed E-state index contributed by atoms with van der Waals surface area (Å²) in [6, 6.07) is 67.9. The van der Waals surface area contributed by atoms with E-state index in [1.165, 1.54) is 38.9 Å². The molecule has 0 unspecified atom stereocenters. The highest BCUT2D eigenvalue weighted by molar-refractivity contribution is 6.08. The first kappa shape index (κ1) is 31.1. The summed E-state index contributed by atoms with van der Waals surface area (Å²) in [7, 11) is 0. The molecule has 1 aliphatic carbocycles. The summed E-state index contributed by atoms with van der Waals surface area (Å²) in [5, 5.41) is 2.25. The maximum absolute atomic E-state index is 6.51. The highest BCUT2D eigenvalue weighted by Gasteiger charge is 2.36. The predicted octanol–water partition coefficient (Wildman–Crippen LogP) is 14.4. The Morgan fingerprint density at radius 3 is 1.87 bits per heavy atom. The Morgan fingerprint density at radius 2 is 1.04 bits per heavy atom. The van der Waals surface area contributed by atoms with Crippen LogP contribution >= 0.6 is 0 Å². The highest BCUT2D eigenvalue weighted by atomic mass is 16.3. The Morgan fingerprint density at radius 1 is 0.396 bits per heavy atom. The van der Waals surface area contributed by atoms with Crippen molar-refractivity contribution in [3.8, 4) is 44.5 Å². The van der Waals surface area contributed by atoms with Crippen LogP contribution in [0.4, 0.5) is 17.1 Å². The number of rotatable bonds is 6. The van der Waals surface area contributed by atoms with Crippen LogP contribution in [0.25, 0.3) is 66.4 Å². The second-order valence-corrected chi connectivity index (χ2v) is 14.5. The molecule has 0 aliphatic heterocycles. The van der Waals surface area contributed by atoms with Gasteiger partial charge in [0.2, 0.25) is 0 Å². The number of hydrogen-bond donors (Lipinski definition) is 0. The van der Waals surface area contributed by atoms with E-state index in [4.69, 9.17) is 4.42 Å². The normalized spacial score (nSPS) is 12.9. The molecular weight excluding hydrogens is 643 g/mol. The van der Waals surface area contributed by atoms with Crippen LogP contribution in [0.15, 0.2) is 192 Å². The molecule has 10 rings (SSSR count). The lowest BCUT2D eigenvalue weighted by Gasteiger charge is -2.31. The molecule has 0 saturated heterocycles. The van der Waals surface area contributed by atoms with Gasteiger partial charge in [-0.2, -0.15) is 0 Å². The second kappa shape index (κ2) is 12.3. The van der Waals surface area contributed by atoms with Gasteiger partial charge >= 0.3 is 0 Å². The number of nitrogens with zero attached hydrogens (tertiary/aromatic N) is 1. The fourth-order valence-corrected chi connectivity index (χ4v) is 8.56. The number of hydrogen-bond acceptors (Lipinski definition) is 2. The average molecular weight is 680 g/mol. The minimum atomic E-state index is -0.129. The molecule has 0 saturated carbocycles. The van der Waals surface area contributed by atoms with Gasteiger partial charge in [-0.25, -0.2) is 0 Å². The summed E-state index contributed by atoms with van der Waals surface area (Å²) in [5.41, 5.74) is 17.3. The van der Waals surface area contributed by atoms with Crippen LogP contribution in [0, 0.1) is 0 Å². The van der Waals surface area contributed by atoms with Gasteiger partial charge in [0.15, 0.2) is 0 Å². The largest absolute Gasteiger partial charge is 0.456 e. The highest BCUT2D eigenvalue weighted by Crippen LogP contribution is 2.52. The zero-order valence-electron chi connectivity index (χ0n) is 29.8. The lowest BCUT2D eigenvalue weighted by atomic mass is 9.82. The van der Waals surface area contributed by atoms with Crippen molar-refractivity contribution in [2.75, 3.05) is 4.90 Å². The van der Waals surface area contributed by atoms with Gasteiger partial charge in [0.1, 0.15) is 11.2 Å². The first-order valence-corrected chi connectivity index (χ1v) is 18.4. The van der Waals surface area contributed by atoms with Crippen molar-refractivity contribution in [1.82, 2.24) is 0 Å². The third kappa shape index (κ3) is 5.02. The van der Waals surface area contributed by atoms with Crippen molar-refractivity contribution in [3.63, 3.8) is 0 Å². The van der Waals surface area contributed by atoms with Crippen molar-refractivity contribution < 1.29 is 4.42 Å². The van der Waals surface area contributed by atoms with Crippen LogP contribution in [-0.4, -0.2) is 0 Å². The van der Waals surface area contributed by atoms with Gasteiger partial charge < -0.3 is 9.32 Å². The molecule has 2 heteroatoms. The van der Waals surface area contributed by atoms with Crippen molar-refractivity contribution in [1.29, 1.82) is 0 Å². The molecule has 0 atom stereocenters. The molecule has 252 valence electrons. The van der Waals surface area contributed by atoms with Crippen LogP contribution in [0.1, 0.15) is 25.0 Å². The molecule has 0 fully saturated rings. The molecule has 8 aromatic carbocycles. The van der Waals surface area contributed by atoms with Crippen molar-refractivity contribution in [2.45, 2.75) is 19.3 Å². The molecule has 0 N–H and O–H groups in total. The zero-order chi connectivity index (χ0) is 35.5. The third-order valence-corrected chi connectivity index (χ3v) is 11.1. The number of furan rings is 1. The summed E-state index contributed by atoms with van der Waals surface area (Å²) < 4.78 is 6.51. The average Bonchev–Trinajstić information content (AvgIpc) is 3.70. The monoisotopic (exact) mass is 679 g/mol. The van der Waals surface area contributed by atoms with Crippen LogP contribution in [0.2, 0.25) is 0 Å². The Labute approximate surface area is 310 Å². The van der Waals surface area contributed by atoms with Gasteiger partial charge in [-0.3, -0.25) is 0 Å². The number of para-hydroxylation sites is 2. The molecule has 9 aromatic rings. The molecule has 1 heterocycles. The SMILES string of the molecule is CC1(C)c2ccccc2-c2ccc(N(c3ccccc3)c3cccc(-c4ccccc4-c4ccccc4)c3-c3ccc4c(c3)oc3ccccc34)cc21. The van der Waals surface area contributed by atoms with E-state index >= 15 is 0 Å². The van der Waals surface area contributed by atoms with Gasteiger partial charge in [0, 0.05) is 33.1 Å². The van der Waals surface area contributed by atoms with Crippen LogP contribution in [0.5, 0.6) is 0 Å². The summed E-state index contributed by atoms with van der Waals surface area (Å²) in [6.45, 7) is 4.70. The maximum Gasteiger partial charge on any atom is 0.136 e. The van der Waals surface area contributed by atoms with Crippen molar-refractivity contribution >= 4 is 39.0 Å². The minimum absolute atomic E-state index is 0.129. The van der Waals surface area contributed by atoms with E-state index in [-0.39, 0.29) is 5.41 Å². The van der Waals surface area contributed by atoms with E-state index in [0.717, 1.165) is 55.7 Å². The quantitative estimate of drug-likeness (QED) is 0.174. The number of anilines is 3. The van der Waals surface area contributed by atoms with E-state index in [0.29, 0.717) is 0 Å². The first-order valence-electron chi connectivity index (χ1n) is 18.4. The van der Waals surface area contributed by atoms with Crippen molar-refractivity contribution in [2.24, 2.45) is 0 Å². The molecule has 0 amide bonds. The Kier molecular flexibility index (Phi) is 7.19. The van der Waals surface area contributed by atoms with Gasteiger partial charge in [-0.05, 0) is 98.6 Å². The molecular formula is C51H37NO. The third-order valence-electron chi connectivity index (χ3n) is 11.1. The van der Waals surface area contributed by atoms with Crippen LogP contribution < -0.4 is 4.90 Å². The van der Waals surface area contributed by atoms with Gasteiger partial charge in [-0.1, -0.05) is 153 Å². The van der Waals surface area contributed by atoms with E-state index in [2.05, 4.69) is 201 Å². The Bertz CT molecular complexity index is 2810. The lowest BCUT2D eigenvalue weighted by molar-refractivity contribution is 0.660. The topological polar surface area (TPSA) is 16.4 Å². The molecule has 1 aromatic heterocycles. The van der Waals surface area contributed by atoms with Crippen molar-refractivity contribution in [3.05, 3.63) is 199 Å². The minimum Gasteiger partial charge on any atom is -0.456 e. The summed E-state index contributed by atoms with van der Waals surface area (Å²) >= 11 is 0.